The van der Waals surface area contributed by atoms with E-state index in [0.29, 0.717) is 25.0 Å². The molecule has 0 saturated heterocycles. The monoisotopic (exact) mass is 318 g/mol. The summed E-state index contributed by atoms with van der Waals surface area (Å²) in [7, 11) is 0. The van der Waals surface area contributed by atoms with Crippen molar-refractivity contribution in [2.75, 3.05) is 6.61 Å². The van der Waals surface area contributed by atoms with Gasteiger partial charge in [0.1, 0.15) is 0 Å². The van der Waals surface area contributed by atoms with E-state index in [-0.39, 0.29) is 18.6 Å². The van der Waals surface area contributed by atoms with Crippen molar-refractivity contribution in [3.63, 3.8) is 0 Å². The Hall–Kier alpha value is -1.31. The van der Waals surface area contributed by atoms with Crippen LogP contribution >= 0.6 is 0 Å². The molecule has 0 radical (unpaired) electrons. The van der Waals surface area contributed by atoms with Crippen LogP contribution in [0.4, 0.5) is 30.7 Å². The molecule has 0 fully saturated rings. The summed E-state index contributed by atoms with van der Waals surface area (Å²) in [6, 6.07) is 3.53. The van der Waals surface area contributed by atoms with Gasteiger partial charge in [0.25, 0.3) is 0 Å². The molecular weight excluding hydrogens is 305 g/mol. The van der Waals surface area contributed by atoms with Crippen LogP contribution in [0, 0.1) is 0 Å². The maximum atomic E-state index is 13.5. The van der Waals surface area contributed by atoms with Crippen molar-refractivity contribution in [3.8, 4) is 0 Å². The molecule has 1 aromatic carbocycles. The highest BCUT2D eigenvalue weighted by molar-refractivity contribution is 5.29. The van der Waals surface area contributed by atoms with Crippen LogP contribution < -0.4 is 0 Å². The highest BCUT2D eigenvalue weighted by Gasteiger charge is 2.73. The highest BCUT2D eigenvalue weighted by atomic mass is 19.4. The molecule has 1 nitrogen and oxygen atoms in total. The first-order valence-corrected chi connectivity index (χ1v) is 6.06. The lowest BCUT2D eigenvalue weighted by Gasteiger charge is -2.28. The number of hydrogen-bond acceptors (Lipinski definition) is 1. The highest BCUT2D eigenvalue weighted by Crippen LogP contribution is 2.51. The van der Waals surface area contributed by atoms with Crippen LogP contribution in [-0.2, 0) is 12.3 Å². The van der Waals surface area contributed by atoms with Gasteiger partial charge in [-0.15, -0.1) is 0 Å². The van der Waals surface area contributed by atoms with Crippen LogP contribution in [0.1, 0.15) is 24.0 Å². The zero-order chi connectivity index (χ0) is 16.3. The number of alkyl halides is 7. The van der Waals surface area contributed by atoms with Gasteiger partial charge < -0.3 is 5.11 Å². The molecule has 0 aromatic heterocycles. The van der Waals surface area contributed by atoms with Gasteiger partial charge in [-0.1, -0.05) is 18.2 Å². The third-order valence-electron chi connectivity index (χ3n) is 2.91. The molecular formula is C13H13F7O. The SMILES string of the molecule is OCCCCc1cccc(C(F)(F)C(F)(F)C(F)(F)F)c1. The third-order valence-corrected chi connectivity index (χ3v) is 2.91. The van der Waals surface area contributed by atoms with E-state index in [4.69, 9.17) is 5.11 Å². The average Bonchev–Trinajstić information content (AvgIpc) is 2.38. The van der Waals surface area contributed by atoms with Crippen LogP contribution in [0.2, 0.25) is 0 Å². The Morgan fingerprint density at radius 2 is 1.52 bits per heavy atom. The summed E-state index contributed by atoms with van der Waals surface area (Å²) < 4.78 is 89.1. The molecule has 0 bridgehead atoms. The van der Waals surface area contributed by atoms with Gasteiger partial charge in [-0.2, -0.15) is 30.7 Å². The van der Waals surface area contributed by atoms with Gasteiger partial charge in [-0.25, -0.2) is 0 Å². The number of aliphatic hydroxyl groups excluding tert-OH is 1. The fraction of sp³-hybridized carbons (Fsp3) is 0.538. The van der Waals surface area contributed by atoms with Gasteiger partial charge in [0.05, 0.1) is 0 Å². The number of halogens is 7. The molecule has 0 aliphatic carbocycles. The van der Waals surface area contributed by atoms with E-state index in [1.165, 1.54) is 6.07 Å². The number of hydrogen-bond donors (Lipinski definition) is 1. The summed E-state index contributed by atoms with van der Waals surface area (Å²) in [5.74, 6) is -11.5. The molecule has 0 spiro atoms. The van der Waals surface area contributed by atoms with Crippen molar-refractivity contribution in [1.82, 2.24) is 0 Å². The Kier molecular flexibility index (Phi) is 5.25. The number of unbranched alkanes of at least 4 members (excludes halogenated alkanes) is 1. The van der Waals surface area contributed by atoms with Gasteiger partial charge in [0, 0.05) is 12.2 Å². The van der Waals surface area contributed by atoms with Crippen LogP contribution in [-0.4, -0.2) is 23.8 Å². The molecule has 21 heavy (non-hydrogen) atoms. The van der Waals surface area contributed by atoms with Crippen LogP contribution in [0.25, 0.3) is 0 Å². The fourth-order valence-corrected chi connectivity index (χ4v) is 1.72. The normalized spacial score (nSPS) is 13.5. The Labute approximate surface area is 116 Å². The van der Waals surface area contributed by atoms with E-state index in [9.17, 15) is 30.7 Å². The number of benzene rings is 1. The lowest BCUT2D eigenvalue weighted by molar-refractivity contribution is -0.359. The van der Waals surface area contributed by atoms with Gasteiger partial charge in [-0.3, -0.25) is 0 Å². The van der Waals surface area contributed by atoms with Crippen LogP contribution in [0.5, 0.6) is 0 Å². The van der Waals surface area contributed by atoms with Crippen molar-refractivity contribution in [2.24, 2.45) is 0 Å². The summed E-state index contributed by atoms with van der Waals surface area (Å²) in [5, 5.41) is 8.58. The standard InChI is InChI=1S/C13H13F7O/c14-11(15,12(16,17)13(18,19)20)10-6-3-5-9(8-10)4-1-2-7-21/h3,5-6,8,21H,1-2,4,7H2. The summed E-state index contributed by atoms with van der Waals surface area (Å²) >= 11 is 0. The molecule has 120 valence electrons. The predicted molar refractivity (Wildman–Crippen MR) is 61.4 cm³/mol. The zero-order valence-corrected chi connectivity index (χ0v) is 10.7. The molecule has 0 aliphatic heterocycles. The zero-order valence-electron chi connectivity index (χ0n) is 10.7. The van der Waals surface area contributed by atoms with E-state index < -0.39 is 23.6 Å². The topological polar surface area (TPSA) is 20.2 Å². The molecule has 0 amide bonds. The van der Waals surface area contributed by atoms with Crippen molar-refractivity contribution < 1.29 is 35.8 Å². The van der Waals surface area contributed by atoms with E-state index in [0.717, 1.165) is 6.07 Å². The summed E-state index contributed by atoms with van der Waals surface area (Å²) in [6.45, 7) is -0.123. The Bertz CT molecular complexity index is 468. The van der Waals surface area contributed by atoms with E-state index in [1.54, 1.807) is 0 Å². The maximum absolute atomic E-state index is 13.5. The fourth-order valence-electron chi connectivity index (χ4n) is 1.72. The molecule has 8 heteroatoms. The minimum atomic E-state index is -6.34. The van der Waals surface area contributed by atoms with Gasteiger partial charge >= 0.3 is 18.0 Å². The molecule has 0 atom stereocenters. The number of rotatable bonds is 6. The Morgan fingerprint density at radius 1 is 0.905 bits per heavy atom. The van der Waals surface area contributed by atoms with Crippen LogP contribution in [0.3, 0.4) is 0 Å². The summed E-state index contributed by atoms with van der Waals surface area (Å²) in [4.78, 5) is 0. The second kappa shape index (κ2) is 6.21. The molecule has 0 unspecified atom stereocenters. The van der Waals surface area contributed by atoms with Crippen molar-refractivity contribution >= 4 is 0 Å². The first-order chi connectivity index (χ1) is 9.54. The molecule has 1 rings (SSSR count). The molecule has 0 aliphatic rings. The first kappa shape index (κ1) is 17.7. The molecule has 0 saturated carbocycles. The lowest BCUT2D eigenvalue weighted by Crippen LogP contribution is -2.50. The quantitative estimate of drug-likeness (QED) is 0.613. The van der Waals surface area contributed by atoms with Crippen molar-refractivity contribution in [1.29, 1.82) is 0 Å². The van der Waals surface area contributed by atoms with E-state index in [2.05, 4.69) is 0 Å². The third kappa shape index (κ3) is 3.66. The minimum absolute atomic E-state index is 0.123. The second-order valence-electron chi connectivity index (χ2n) is 4.53. The second-order valence-corrected chi connectivity index (χ2v) is 4.53. The summed E-state index contributed by atoms with van der Waals surface area (Å²) in [5.41, 5.74) is -1.18. The van der Waals surface area contributed by atoms with Gasteiger partial charge in [0.15, 0.2) is 0 Å². The molecule has 0 heterocycles. The first-order valence-electron chi connectivity index (χ1n) is 6.06. The predicted octanol–water partition coefficient (Wildman–Crippen LogP) is 4.29. The lowest BCUT2D eigenvalue weighted by atomic mass is 9.98. The van der Waals surface area contributed by atoms with Gasteiger partial charge in [0.2, 0.25) is 0 Å². The van der Waals surface area contributed by atoms with Crippen molar-refractivity contribution in [3.05, 3.63) is 35.4 Å². The van der Waals surface area contributed by atoms with Gasteiger partial charge in [-0.05, 0) is 30.9 Å². The van der Waals surface area contributed by atoms with Crippen LogP contribution in [0.15, 0.2) is 24.3 Å². The van der Waals surface area contributed by atoms with Crippen molar-refractivity contribution in [2.45, 2.75) is 37.3 Å². The average molecular weight is 318 g/mol. The summed E-state index contributed by atoms with van der Waals surface area (Å²) in [6.07, 6.45) is -5.37. The number of aliphatic hydroxyl groups is 1. The largest absolute Gasteiger partial charge is 0.460 e. The molecule has 1 N–H and O–H groups in total. The minimum Gasteiger partial charge on any atom is -0.396 e. The number of aryl methyl sites for hydroxylation is 1. The Morgan fingerprint density at radius 3 is 2.05 bits per heavy atom. The van der Waals surface area contributed by atoms with E-state index in [1.807, 2.05) is 0 Å². The van der Waals surface area contributed by atoms with E-state index >= 15 is 0 Å². The maximum Gasteiger partial charge on any atom is 0.460 e. The molecule has 1 aromatic rings. The smallest absolute Gasteiger partial charge is 0.396 e. The Balaban J connectivity index is 3.06.